The van der Waals surface area contributed by atoms with Crippen LogP contribution in [0.25, 0.3) is 0 Å². The molecular weight excluding hydrogens is 228 g/mol. The van der Waals surface area contributed by atoms with Crippen molar-refractivity contribution in [1.82, 2.24) is 5.32 Å². The molecule has 0 aromatic heterocycles. The average Bonchev–Trinajstić information content (AvgIpc) is 2.43. The molecule has 18 heavy (non-hydrogen) atoms. The number of amides is 1. The van der Waals surface area contributed by atoms with Gasteiger partial charge in [-0.25, -0.2) is 0 Å². The summed E-state index contributed by atoms with van der Waals surface area (Å²) in [7, 11) is 0. The SMILES string of the molecule is CC1(C)C(=O)C(C#N)=C[C@]2(C)NC(=O)CCC[C@@H]12. The highest BCUT2D eigenvalue weighted by Gasteiger charge is 2.52. The highest BCUT2D eigenvalue weighted by Crippen LogP contribution is 2.46. The van der Waals surface area contributed by atoms with Gasteiger partial charge in [-0.2, -0.15) is 5.26 Å². The van der Waals surface area contributed by atoms with Crippen molar-refractivity contribution in [2.24, 2.45) is 11.3 Å². The predicted octanol–water partition coefficient (Wildman–Crippen LogP) is 1.72. The Hall–Kier alpha value is -1.63. The molecule has 2 aliphatic rings. The van der Waals surface area contributed by atoms with Gasteiger partial charge in [0, 0.05) is 11.8 Å². The first-order valence-corrected chi connectivity index (χ1v) is 6.30. The molecule has 0 saturated carbocycles. The van der Waals surface area contributed by atoms with Crippen molar-refractivity contribution in [2.45, 2.75) is 45.6 Å². The van der Waals surface area contributed by atoms with Crippen LogP contribution in [-0.2, 0) is 9.59 Å². The quantitative estimate of drug-likeness (QED) is 0.707. The Morgan fingerprint density at radius 2 is 2.06 bits per heavy atom. The predicted molar refractivity (Wildman–Crippen MR) is 66.4 cm³/mol. The molecule has 96 valence electrons. The number of fused-ring (bicyclic) bond motifs is 1. The number of Topliss-reactive ketones (excluding diaryl/α,β-unsaturated/α-hetero) is 1. The van der Waals surface area contributed by atoms with Crippen LogP contribution in [-0.4, -0.2) is 17.2 Å². The van der Waals surface area contributed by atoms with E-state index in [2.05, 4.69) is 5.32 Å². The molecule has 1 amide bonds. The molecule has 1 fully saturated rings. The third-order valence-corrected chi connectivity index (χ3v) is 4.29. The highest BCUT2D eigenvalue weighted by atomic mass is 16.2. The Morgan fingerprint density at radius 3 is 2.67 bits per heavy atom. The molecule has 0 radical (unpaired) electrons. The lowest BCUT2D eigenvalue weighted by molar-refractivity contribution is -0.130. The van der Waals surface area contributed by atoms with Gasteiger partial charge in [-0.3, -0.25) is 9.59 Å². The van der Waals surface area contributed by atoms with E-state index in [0.717, 1.165) is 12.8 Å². The van der Waals surface area contributed by atoms with Crippen LogP contribution in [0, 0.1) is 22.7 Å². The van der Waals surface area contributed by atoms with Crippen LogP contribution in [0.2, 0.25) is 0 Å². The molecule has 1 aliphatic heterocycles. The smallest absolute Gasteiger partial charge is 0.220 e. The molecule has 4 nitrogen and oxygen atoms in total. The summed E-state index contributed by atoms with van der Waals surface area (Å²) in [6.45, 7) is 5.66. The van der Waals surface area contributed by atoms with Gasteiger partial charge in [0.25, 0.3) is 0 Å². The first-order valence-electron chi connectivity index (χ1n) is 6.30. The van der Waals surface area contributed by atoms with Crippen LogP contribution in [0.4, 0.5) is 0 Å². The van der Waals surface area contributed by atoms with Gasteiger partial charge in [0.15, 0.2) is 5.78 Å². The van der Waals surface area contributed by atoms with Crippen molar-refractivity contribution in [1.29, 1.82) is 5.26 Å². The first kappa shape index (κ1) is 12.8. The van der Waals surface area contributed by atoms with E-state index in [1.54, 1.807) is 6.08 Å². The summed E-state index contributed by atoms with van der Waals surface area (Å²) in [5.74, 6) is -0.0663. The Kier molecular flexibility index (Phi) is 2.81. The minimum atomic E-state index is -0.605. The van der Waals surface area contributed by atoms with E-state index in [9.17, 15) is 9.59 Å². The van der Waals surface area contributed by atoms with Crippen molar-refractivity contribution in [2.75, 3.05) is 0 Å². The van der Waals surface area contributed by atoms with E-state index in [4.69, 9.17) is 5.26 Å². The van der Waals surface area contributed by atoms with Crippen LogP contribution < -0.4 is 5.32 Å². The molecule has 0 spiro atoms. The van der Waals surface area contributed by atoms with Crippen molar-refractivity contribution in [3.05, 3.63) is 11.6 Å². The summed E-state index contributed by atoms with van der Waals surface area (Å²) in [4.78, 5) is 24.0. The van der Waals surface area contributed by atoms with Gasteiger partial charge in [0.1, 0.15) is 6.07 Å². The van der Waals surface area contributed by atoms with Crippen LogP contribution in [0.5, 0.6) is 0 Å². The van der Waals surface area contributed by atoms with Gasteiger partial charge in [-0.1, -0.05) is 13.8 Å². The molecule has 0 unspecified atom stereocenters. The number of carbonyl (C=O) groups excluding carboxylic acids is 2. The maximum Gasteiger partial charge on any atom is 0.220 e. The zero-order valence-electron chi connectivity index (χ0n) is 11.0. The maximum atomic E-state index is 12.3. The third kappa shape index (κ3) is 1.74. The molecule has 1 heterocycles. The molecule has 1 saturated heterocycles. The molecule has 2 atom stereocenters. The fourth-order valence-corrected chi connectivity index (χ4v) is 3.42. The average molecular weight is 246 g/mol. The summed E-state index contributed by atoms with van der Waals surface area (Å²) < 4.78 is 0. The summed E-state index contributed by atoms with van der Waals surface area (Å²) >= 11 is 0. The van der Waals surface area contributed by atoms with Gasteiger partial charge >= 0.3 is 0 Å². The minimum Gasteiger partial charge on any atom is -0.347 e. The van der Waals surface area contributed by atoms with Crippen molar-refractivity contribution >= 4 is 11.7 Å². The second-order valence-corrected chi connectivity index (χ2v) is 6.00. The van der Waals surface area contributed by atoms with Crippen LogP contribution >= 0.6 is 0 Å². The second kappa shape index (κ2) is 3.94. The Bertz CT molecular complexity index is 485. The number of rotatable bonds is 0. The fourth-order valence-electron chi connectivity index (χ4n) is 3.42. The molecule has 1 N–H and O–H groups in total. The summed E-state index contributed by atoms with van der Waals surface area (Å²) in [5.41, 5.74) is -1.02. The van der Waals surface area contributed by atoms with E-state index in [1.165, 1.54) is 0 Å². The Balaban J connectivity index is 2.56. The molecule has 0 bridgehead atoms. The number of carbonyl (C=O) groups is 2. The van der Waals surface area contributed by atoms with Crippen molar-refractivity contribution in [3.63, 3.8) is 0 Å². The normalized spacial score (nSPS) is 34.8. The van der Waals surface area contributed by atoms with E-state index in [1.807, 2.05) is 26.8 Å². The van der Waals surface area contributed by atoms with Gasteiger partial charge in [0.2, 0.25) is 5.91 Å². The van der Waals surface area contributed by atoms with Gasteiger partial charge in [-0.15, -0.1) is 0 Å². The highest BCUT2D eigenvalue weighted by molar-refractivity contribution is 6.04. The number of nitrogens with zero attached hydrogens (tertiary/aromatic N) is 1. The number of allylic oxidation sites excluding steroid dienone is 1. The first-order chi connectivity index (χ1) is 8.31. The van der Waals surface area contributed by atoms with Crippen LogP contribution in [0.1, 0.15) is 40.0 Å². The second-order valence-electron chi connectivity index (χ2n) is 6.00. The summed E-state index contributed by atoms with van der Waals surface area (Å²) in [6, 6.07) is 1.96. The van der Waals surface area contributed by atoms with Gasteiger partial charge < -0.3 is 5.32 Å². The standard InChI is InChI=1S/C14H18N2O2/c1-13(2)10-5-4-6-11(17)16-14(10,3)7-9(8-15)12(13)18/h7,10H,4-6H2,1-3H3,(H,16,17)/t10-,14-/m0/s1. The molecule has 0 aromatic rings. The van der Waals surface area contributed by atoms with Crippen LogP contribution in [0.15, 0.2) is 11.6 Å². The lowest BCUT2D eigenvalue weighted by atomic mass is 9.60. The van der Waals surface area contributed by atoms with Gasteiger partial charge in [-0.05, 0) is 31.8 Å². The molecular formula is C14H18N2O2. The van der Waals surface area contributed by atoms with Crippen LogP contribution in [0.3, 0.4) is 0 Å². The van der Waals surface area contributed by atoms with E-state index in [0.29, 0.717) is 6.42 Å². The number of nitrogens with one attached hydrogen (secondary N) is 1. The monoisotopic (exact) mass is 246 g/mol. The topological polar surface area (TPSA) is 70.0 Å². The Labute approximate surface area is 107 Å². The molecule has 2 rings (SSSR count). The van der Waals surface area contributed by atoms with Crippen molar-refractivity contribution in [3.8, 4) is 6.07 Å². The summed E-state index contributed by atoms with van der Waals surface area (Å²) in [5, 5.41) is 12.1. The number of hydrogen-bond donors (Lipinski definition) is 1. The largest absolute Gasteiger partial charge is 0.347 e. The van der Waals surface area contributed by atoms with E-state index < -0.39 is 11.0 Å². The minimum absolute atomic E-state index is 0.00121. The van der Waals surface area contributed by atoms with Gasteiger partial charge in [0.05, 0.1) is 11.1 Å². The number of hydrogen-bond acceptors (Lipinski definition) is 3. The van der Waals surface area contributed by atoms with E-state index in [-0.39, 0.29) is 23.2 Å². The number of nitriles is 1. The van der Waals surface area contributed by atoms with Crippen molar-refractivity contribution < 1.29 is 9.59 Å². The third-order valence-electron chi connectivity index (χ3n) is 4.29. The zero-order chi connectivity index (χ0) is 13.6. The van der Waals surface area contributed by atoms with E-state index >= 15 is 0 Å². The lowest BCUT2D eigenvalue weighted by Gasteiger charge is -2.46. The molecule has 1 aliphatic carbocycles. The molecule has 4 heteroatoms. The maximum absolute atomic E-state index is 12.3. The fraction of sp³-hybridized carbons (Fsp3) is 0.643. The molecule has 0 aromatic carbocycles. The Morgan fingerprint density at radius 1 is 1.39 bits per heavy atom. The lowest BCUT2D eigenvalue weighted by Crippen LogP contribution is -2.57. The zero-order valence-corrected chi connectivity index (χ0v) is 11.0. The summed E-state index contributed by atoms with van der Waals surface area (Å²) in [6.07, 6.45) is 3.75. The number of ketones is 1.